The zero-order valence-corrected chi connectivity index (χ0v) is 21.6. The molecule has 1 spiro atoms. The lowest BCUT2D eigenvalue weighted by atomic mass is 9.86. The van der Waals surface area contributed by atoms with E-state index < -0.39 is 35.7 Å². The highest BCUT2D eigenvalue weighted by molar-refractivity contribution is 5.78. The van der Waals surface area contributed by atoms with Gasteiger partial charge in [-0.3, -0.25) is 21.8 Å². The molecule has 36 heavy (non-hydrogen) atoms. The lowest BCUT2D eigenvalue weighted by Gasteiger charge is -2.40. The molecule has 1 saturated heterocycles. The quantitative estimate of drug-likeness (QED) is 0.0666. The Morgan fingerprint density at radius 1 is 1.08 bits per heavy atom. The van der Waals surface area contributed by atoms with Crippen LogP contribution in [0.4, 0.5) is 4.79 Å². The third-order valence-corrected chi connectivity index (χ3v) is 7.61. The smallest absolute Gasteiger partial charge is 0.407 e. The number of rotatable bonds is 15. The molecule has 1 fully saturated rings. The van der Waals surface area contributed by atoms with Crippen LogP contribution < -0.4 is 32.4 Å². The number of guanidine groups is 2. The molecule has 0 radical (unpaired) electrons. The number of hydrogen-bond acceptors (Lipinski definition) is 9. The van der Waals surface area contributed by atoms with Crippen LogP contribution in [-0.4, -0.2) is 87.2 Å². The number of aliphatic hydroxyl groups is 3. The maximum atomic E-state index is 12.2. The number of nitrogens with one attached hydrogen (secondary N) is 4. The number of nitrogens with zero attached hydrogens (tertiary/aromatic N) is 1. The minimum Gasteiger partial charge on any atom is -0.446 e. The molecule has 1 amide bonds. The van der Waals surface area contributed by atoms with Gasteiger partial charge < -0.3 is 25.4 Å². The topological polar surface area (TPSA) is 192 Å². The molecule has 0 unspecified atom stereocenters. The molecule has 0 bridgehead atoms. The summed E-state index contributed by atoms with van der Waals surface area (Å²) in [5.74, 6) is -2.33. The van der Waals surface area contributed by atoms with E-state index in [4.69, 9.17) is 16.2 Å². The van der Waals surface area contributed by atoms with Crippen molar-refractivity contribution in [1.82, 2.24) is 16.0 Å². The molecule has 3 heterocycles. The molecular weight excluding hydrogens is 466 g/mol. The number of carbonyl (C=O) groups is 1. The van der Waals surface area contributed by atoms with E-state index in [-0.39, 0.29) is 25.1 Å². The average Bonchev–Trinajstić information content (AvgIpc) is 3.30. The van der Waals surface area contributed by atoms with Crippen LogP contribution in [0.2, 0.25) is 0 Å². The standard InChI is InChI=1S/C24H45N7O5/c1-2-3-4-5-6-7-8-9-10-11-12-13-14-27-22(33)36-16-17-19-23(30-20(25)29-19)24(34,35)18(32)15-31(23)21(26)28-17/h17-19,32,34-35H,2-16H2,1H3,(H6,25,26,27,28,29,30,33)/p+2/t17-,18-,19-,23-/m0/s1. The van der Waals surface area contributed by atoms with Gasteiger partial charge in [0.05, 0.1) is 0 Å². The Kier molecular flexibility index (Phi) is 10.0. The van der Waals surface area contributed by atoms with Gasteiger partial charge in [-0.2, -0.15) is 0 Å². The van der Waals surface area contributed by atoms with E-state index in [2.05, 4.69) is 27.9 Å². The van der Waals surface area contributed by atoms with Crippen molar-refractivity contribution in [2.45, 2.75) is 114 Å². The van der Waals surface area contributed by atoms with Crippen molar-refractivity contribution in [2.24, 2.45) is 11.5 Å². The summed E-state index contributed by atoms with van der Waals surface area (Å²) in [7, 11) is 0. The van der Waals surface area contributed by atoms with Crippen LogP contribution >= 0.6 is 0 Å². The zero-order chi connectivity index (χ0) is 26.2. The lowest BCUT2D eigenvalue weighted by Crippen LogP contribution is -2.91. The van der Waals surface area contributed by atoms with E-state index in [0.29, 0.717) is 6.54 Å². The fourth-order valence-corrected chi connectivity index (χ4v) is 5.59. The first-order valence-electron chi connectivity index (χ1n) is 13.6. The molecule has 3 aliphatic heterocycles. The predicted octanol–water partition coefficient (Wildman–Crippen LogP) is -2.17. The Balaban J connectivity index is 1.32. The van der Waals surface area contributed by atoms with Gasteiger partial charge in [0.25, 0.3) is 11.4 Å². The van der Waals surface area contributed by atoms with Crippen LogP contribution in [0.1, 0.15) is 84.0 Å². The number of unbranched alkanes of at least 4 members (excludes halogenated alkanes) is 11. The van der Waals surface area contributed by atoms with Gasteiger partial charge in [-0.1, -0.05) is 77.6 Å². The molecule has 3 aliphatic rings. The fraction of sp³-hybridized carbons (Fsp3) is 0.875. The second-order valence-corrected chi connectivity index (χ2v) is 10.3. The molecule has 206 valence electrons. The van der Waals surface area contributed by atoms with E-state index in [1.54, 1.807) is 0 Å². The Morgan fingerprint density at radius 2 is 1.67 bits per heavy atom. The van der Waals surface area contributed by atoms with Crippen LogP contribution in [0.15, 0.2) is 0 Å². The van der Waals surface area contributed by atoms with Crippen molar-refractivity contribution < 1.29 is 34.4 Å². The summed E-state index contributed by atoms with van der Waals surface area (Å²) in [6.07, 6.45) is 13.0. The van der Waals surface area contributed by atoms with E-state index in [9.17, 15) is 20.1 Å². The second-order valence-electron chi connectivity index (χ2n) is 10.3. The SMILES string of the molecule is CCCCCCCCCCCCCCNC(=O)OC[C@@H]1NC(N)=[N+]2C[C@H](O)C(O)(O)[C@@]23NC(N)=[NH+][C@@H]13. The van der Waals surface area contributed by atoms with E-state index in [1.165, 1.54) is 68.8 Å². The third kappa shape index (κ3) is 6.15. The van der Waals surface area contributed by atoms with Crippen LogP contribution in [0.5, 0.6) is 0 Å². The fourth-order valence-electron chi connectivity index (χ4n) is 5.59. The molecule has 0 aromatic heterocycles. The van der Waals surface area contributed by atoms with Crippen molar-refractivity contribution in [3.8, 4) is 0 Å². The Hall–Kier alpha value is -2.31. The van der Waals surface area contributed by atoms with Crippen molar-refractivity contribution in [2.75, 3.05) is 19.7 Å². The van der Waals surface area contributed by atoms with Crippen LogP contribution in [0, 0.1) is 0 Å². The summed E-state index contributed by atoms with van der Waals surface area (Å²) in [5.41, 5.74) is 10.4. The first-order valence-corrected chi connectivity index (χ1v) is 13.6. The number of alkyl carbamates (subject to hydrolysis) is 1. The normalized spacial score (nSPS) is 28.1. The molecule has 3 rings (SSSR count). The van der Waals surface area contributed by atoms with Gasteiger partial charge in [-0.15, -0.1) is 0 Å². The molecule has 0 aromatic rings. The number of ether oxygens (including phenoxy) is 1. The minimum absolute atomic E-state index is 0.0978. The van der Waals surface area contributed by atoms with E-state index >= 15 is 0 Å². The van der Waals surface area contributed by atoms with Gasteiger partial charge in [0.1, 0.15) is 25.3 Å². The highest BCUT2D eigenvalue weighted by Gasteiger charge is 2.77. The summed E-state index contributed by atoms with van der Waals surface area (Å²) >= 11 is 0. The van der Waals surface area contributed by atoms with Crippen molar-refractivity contribution in [1.29, 1.82) is 0 Å². The molecule has 12 heteroatoms. The Bertz CT molecular complexity index is 806. The van der Waals surface area contributed by atoms with Gasteiger partial charge in [0.15, 0.2) is 6.04 Å². The summed E-state index contributed by atoms with van der Waals surface area (Å²) in [6, 6.07) is -1.38. The second kappa shape index (κ2) is 12.8. The first-order chi connectivity index (χ1) is 17.2. The summed E-state index contributed by atoms with van der Waals surface area (Å²) < 4.78 is 6.81. The lowest BCUT2D eigenvalue weighted by molar-refractivity contribution is -0.674. The minimum atomic E-state index is -2.55. The number of aliphatic hydroxyl groups excluding tert-OH is 1. The summed E-state index contributed by atoms with van der Waals surface area (Å²) in [5, 5.41) is 40.3. The first kappa shape index (κ1) is 28.3. The van der Waals surface area contributed by atoms with Crippen molar-refractivity contribution in [3.63, 3.8) is 0 Å². The molecule has 4 atom stereocenters. The van der Waals surface area contributed by atoms with Gasteiger partial charge >= 0.3 is 18.0 Å². The molecule has 0 aliphatic carbocycles. The average molecular weight is 514 g/mol. The van der Waals surface area contributed by atoms with Gasteiger partial charge in [0, 0.05) is 6.54 Å². The Morgan fingerprint density at radius 3 is 2.28 bits per heavy atom. The number of hydrogen-bond donors (Lipinski definition) is 9. The highest BCUT2D eigenvalue weighted by atomic mass is 16.6. The zero-order valence-electron chi connectivity index (χ0n) is 21.6. The van der Waals surface area contributed by atoms with Gasteiger partial charge in [-0.05, 0) is 6.42 Å². The monoisotopic (exact) mass is 513 g/mol. The molecule has 0 saturated carbocycles. The predicted molar refractivity (Wildman–Crippen MR) is 135 cm³/mol. The maximum Gasteiger partial charge on any atom is 0.407 e. The van der Waals surface area contributed by atoms with Crippen LogP contribution in [0.3, 0.4) is 0 Å². The largest absolute Gasteiger partial charge is 0.446 e. The van der Waals surface area contributed by atoms with E-state index in [1.807, 2.05) is 0 Å². The van der Waals surface area contributed by atoms with E-state index in [0.717, 1.165) is 12.8 Å². The number of nitrogens with two attached hydrogens (primary N) is 2. The van der Waals surface area contributed by atoms with Crippen LogP contribution in [-0.2, 0) is 4.74 Å². The van der Waals surface area contributed by atoms with Gasteiger partial charge in [0.2, 0.25) is 0 Å². The maximum absolute atomic E-state index is 12.2. The molecular formula is C24H47N7O5+2. The highest BCUT2D eigenvalue weighted by Crippen LogP contribution is 2.37. The number of amides is 1. The molecule has 0 aromatic carbocycles. The third-order valence-electron chi connectivity index (χ3n) is 7.61. The molecule has 11 N–H and O–H groups in total. The summed E-state index contributed by atoms with van der Waals surface area (Å²) in [4.78, 5) is 15.2. The Labute approximate surface area is 213 Å². The van der Waals surface area contributed by atoms with Crippen molar-refractivity contribution >= 4 is 18.0 Å². The number of carbonyl (C=O) groups excluding carboxylic acids is 1. The van der Waals surface area contributed by atoms with Crippen LogP contribution in [0.25, 0.3) is 0 Å². The molecule has 12 nitrogen and oxygen atoms in total. The van der Waals surface area contributed by atoms with Gasteiger partial charge in [-0.25, -0.2) is 14.7 Å². The summed E-state index contributed by atoms with van der Waals surface area (Å²) in [6.45, 7) is 2.57. The van der Waals surface area contributed by atoms with Crippen molar-refractivity contribution in [3.05, 3.63) is 0 Å².